The molecule has 13 nitrogen and oxygen atoms in total. The summed E-state index contributed by atoms with van der Waals surface area (Å²) in [5, 5.41) is 33.9. The average molecular weight is 258 g/mol. The highest BCUT2D eigenvalue weighted by Crippen LogP contribution is 1.70. The fraction of sp³-hybridized carbons (Fsp3) is 1.00. The van der Waals surface area contributed by atoms with Crippen molar-refractivity contribution in [3.05, 3.63) is 35.6 Å². The van der Waals surface area contributed by atoms with Gasteiger partial charge in [-0.25, -0.2) is 0 Å². The predicted molar refractivity (Wildman–Crippen MR) is 47.9 cm³/mol. The van der Waals surface area contributed by atoms with E-state index in [0.717, 1.165) is 0 Å². The molecule has 0 saturated heterocycles. The molecule has 13 heteroatoms. The third-order valence-electron chi connectivity index (χ3n) is 1.04. The summed E-state index contributed by atoms with van der Waals surface area (Å²) >= 11 is 0. The number of quaternary nitrogens is 1. The zero-order valence-corrected chi connectivity index (χ0v) is 8.42. The second-order valence-electron chi connectivity index (χ2n) is 2.20. The Morgan fingerprint density at radius 3 is 1.35 bits per heavy atom. The first-order valence-electron chi connectivity index (χ1n) is 4.04. The summed E-state index contributed by atoms with van der Waals surface area (Å²) in [6, 6.07) is 0. The van der Waals surface area contributed by atoms with Crippen molar-refractivity contribution in [1.82, 2.24) is 0 Å². The molecule has 0 fully saturated rings. The molecule has 17 heavy (non-hydrogen) atoms. The Morgan fingerprint density at radius 2 is 1.12 bits per heavy atom. The SMILES string of the molecule is O=[N+]([O-])OCC[NH2+]CCO[N+](=O)[O-].O=[N+]([O-])[O-]. The predicted octanol–water partition coefficient (Wildman–Crippen LogP) is -2.27. The van der Waals surface area contributed by atoms with Gasteiger partial charge in [-0.3, -0.25) is 0 Å². The van der Waals surface area contributed by atoms with Crippen LogP contribution >= 0.6 is 0 Å². The normalized spacial score (nSPS) is 8.47. The fourth-order valence-electron chi connectivity index (χ4n) is 0.565. The summed E-state index contributed by atoms with van der Waals surface area (Å²) in [4.78, 5) is 35.5. The molecular weight excluding hydrogens is 248 g/mol. The number of hydrogen-bond donors (Lipinski definition) is 1. The Kier molecular flexibility index (Phi) is 11.6. The molecule has 0 rings (SSSR count). The van der Waals surface area contributed by atoms with Crippen molar-refractivity contribution in [3.63, 3.8) is 0 Å². The zero-order chi connectivity index (χ0) is 13.7. The maximum atomic E-state index is 9.63. The van der Waals surface area contributed by atoms with Crippen molar-refractivity contribution in [2.75, 3.05) is 26.3 Å². The smallest absolute Gasteiger partial charge is 0.294 e. The van der Waals surface area contributed by atoms with Gasteiger partial charge in [0.15, 0.2) is 0 Å². The van der Waals surface area contributed by atoms with E-state index in [2.05, 4.69) is 9.68 Å². The molecule has 0 radical (unpaired) electrons. The molecule has 100 valence electrons. The maximum Gasteiger partial charge on any atom is 0.294 e. The Hall–Kier alpha value is -2.44. The van der Waals surface area contributed by atoms with Crippen LogP contribution in [0.4, 0.5) is 0 Å². The van der Waals surface area contributed by atoms with Crippen molar-refractivity contribution in [2.24, 2.45) is 0 Å². The van der Waals surface area contributed by atoms with Crippen LogP contribution in [0.3, 0.4) is 0 Å². The van der Waals surface area contributed by atoms with Crippen LogP contribution in [0, 0.1) is 35.6 Å². The first-order valence-corrected chi connectivity index (χ1v) is 4.04. The lowest BCUT2D eigenvalue weighted by atomic mass is 10.6. The van der Waals surface area contributed by atoms with E-state index in [4.69, 9.17) is 15.3 Å². The van der Waals surface area contributed by atoms with Crippen LogP contribution in [0.15, 0.2) is 0 Å². The summed E-state index contributed by atoms with van der Waals surface area (Å²) in [5.41, 5.74) is 0. The highest BCUT2D eigenvalue weighted by molar-refractivity contribution is 4.19. The van der Waals surface area contributed by atoms with Crippen LogP contribution in [0.2, 0.25) is 0 Å². The largest absolute Gasteiger partial charge is 0.356 e. The molecule has 0 aromatic carbocycles. The van der Waals surface area contributed by atoms with E-state index in [9.17, 15) is 20.2 Å². The van der Waals surface area contributed by atoms with Gasteiger partial charge >= 0.3 is 0 Å². The summed E-state index contributed by atoms with van der Waals surface area (Å²) < 4.78 is 0. The van der Waals surface area contributed by atoms with Crippen molar-refractivity contribution >= 4 is 0 Å². The van der Waals surface area contributed by atoms with E-state index >= 15 is 0 Å². The molecule has 0 bridgehead atoms. The molecule has 0 spiro atoms. The minimum Gasteiger partial charge on any atom is -0.356 e. The van der Waals surface area contributed by atoms with E-state index in [1.807, 2.05) is 0 Å². The van der Waals surface area contributed by atoms with Gasteiger partial charge in [0.1, 0.15) is 13.2 Å². The monoisotopic (exact) mass is 258 g/mol. The minimum atomic E-state index is -1.75. The third-order valence-corrected chi connectivity index (χ3v) is 1.04. The topological polar surface area (TPSA) is 188 Å². The molecule has 0 aliphatic heterocycles. The number of nitrogens with two attached hydrogens (primary N) is 1. The summed E-state index contributed by atoms with van der Waals surface area (Å²) in [5.74, 6) is 0. The highest BCUT2D eigenvalue weighted by atomic mass is 17.0. The fourth-order valence-corrected chi connectivity index (χ4v) is 0.565. The van der Waals surface area contributed by atoms with Gasteiger partial charge in [-0.2, -0.15) is 0 Å². The van der Waals surface area contributed by atoms with Gasteiger partial charge in [0.2, 0.25) is 0 Å². The van der Waals surface area contributed by atoms with Gasteiger partial charge in [0.05, 0.1) is 18.2 Å². The first-order chi connectivity index (χ1) is 7.86. The number of rotatable bonds is 8. The molecular formula is C4H10N4O9. The maximum absolute atomic E-state index is 9.63. The summed E-state index contributed by atoms with van der Waals surface area (Å²) in [6.45, 7) is 0.654. The number of hydrogen-bond acceptors (Lipinski definition) is 9. The van der Waals surface area contributed by atoms with Gasteiger partial charge < -0.3 is 30.3 Å². The van der Waals surface area contributed by atoms with Gasteiger partial charge in [0, 0.05) is 0 Å². The van der Waals surface area contributed by atoms with Crippen molar-refractivity contribution < 1.29 is 30.3 Å². The Morgan fingerprint density at radius 1 is 0.824 bits per heavy atom. The lowest BCUT2D eigenvalue weighted by Crippen LogP contribution is -2.86. The van der Waals surface area contributed by atoms with Crippen molar-refractivity contribution in [3.8, 4) is 0 Å². The summed E-state index contributed by atoms with van der Waals surface area (Å²) in [7, 11) is 0. The van der Waals surface area contributed by atoms with Crippen LogP contribution < -0.4 is 5.32 Å². The first kappa shape index (κ1) is 17.0. The van der Waals surface area contributed by atoms with E-state index in [-0.39, 0.29) is 13.2 Å². The second kappa shape index (κ2) is 11.6. The highest BCUT2D eigenvalue weighted by Gasteiger charge is 1.97. The van der Waals surface area contributed by atoms with E-state index in [1.54, 1.807) is 5.32 Å². The number of nitrogens with zero attached hydrogens (tertiary/aromatic N) is 3. The van der Waals surface area contributed by atoms with Gasteiger partial charge in [0.25, 0.3) is 10.2 Å². The summed E-state index contributed by atoms with van der Waals surface area (Å²) in [6.07, 6.45) is 0. The van der Waals surface area contributed by atoms with Crippen LogP contribution in [-0.2, 0) is 9.68 Å². The van der Waals surface area contributed by atoms with Crippen LogP contribution in [0.25, 0.3) is 0 Å². The lowest BCUT2D eigenvalue weighted by Gasteiger charge is -1.99. The molecule has 0 unspecified atom stereocenters. The van der Waals surface area contributed by atoms with Crippen molar-refractivity contribution in [1.29, 1.82) is 0 Å². The quantitative estimate of drug-likeness (QED) is 0.284. The van der Waals surface area contributed by atoms with Crippen LogP contribution in [0.5, 0.6) is 0 Å². The molecule has 2 N–H and O–H groups in total. The average Bonchev–Trinajstić information content (AvgIpc) is 2.14. The van der Waals surface area contributed by atoms with E-state index in [0.29, 0.717) is 13.1 Å². The molecule has 0 heterocycles. The van der Waals surface area contributed by atoms with Crippen molar-refractivity contribution in [2.45, 2.75) is 0 Å². The molecule has 0 amide bonds. The Labute approximate surface area is 93.2 Å². The lowest BCUT2D eigenvalue weighted by molar-refractivity contribution is -0.781. The molecule has 0 aliphatic carbocycles. The van der Waals surface area contributed by atoms with E-state index in [1.165, 1.54) is 0 Å². The van der Waals surface area contributed by atoms with E-state index < -0.39 is 15.3 Å². The molecule has 0 aromatic rings. The van der Waals surface area contributed by atoms with Gasteiger partial charge in [-0.15, -0.1) is 20.2 Å². The third kappa shape index (κ3) is 31.7. The second-order valence-corrected chi connectivity index (χ2v) is 2.20. The zero-order valence-electron chi connectivity index (χ0n) is 8.42. The molecule has 0 atom stereocenters. The van der Waals surface area contributed by atoms with Gasteiger partial charge in [-0.05, 0) is 0 Å². The Bertz CT molecular complexity index is 223. The van der Waals surface area contributed by atoms with Gasteiger partial charge in [-0.1, -0.05) is 0 Å². The molecule has 0 aromatic heterocycles. The molecule has 0 aliphatic rings. The Balaban J connectivity index is 0. The van der Waals surface area contributed by atoms with Crippen LogP contribution in [-0.4, -0.2) is 41.6 Å². The minimum absolute atomic E-state index is 0.0362. The standard InChI is InChI=1S/C4H9N3O6.NO3/c8-6(9)12-3-1-5-2-4-13-7(10)11;2-1(3)4/h5H,1-4H2;/q;-1/p+1. The van der Waals surface area contributed by atoms with Crippen LogP contribution in [0.1, 0.15) is 0 Å². The molecule has 0 saturated carbocycles.